The Morgan fingerprint density at radius 1 is 0.310 bits per heavy atom. The van der Waals surface area contributed by atoms with Gasteiger partial charge in [0.2, 0.25) is 0 Å². The molecule has 1 aliphatic carbocycles. The summed E-state index contributed by atoms with van der Waals surface area (Å²) in [5.41, 5.74) is 11.4. The Labute approximate surface area is 336 Å². The fraction of sp³-hybridized carbons (Fsp3) is 0. The van der Waals surface area contributed by atoms with Crippen LogP contribution in [0.2, 0.25) is 0 Å². The van der Waals surface area contributed by atoms with Crippen LogP contribution in [0.1, 0.15) is 31.8 Å². The van der Waals surface area contributed by atoms with Crippen LogP contribution in [0.15, 0.2) is 206 Å². The molecule has 0 unspecified atom stereocenters. The molecule has 0 spiro atoms. The summed E-state index contributed by atoms with van der Waals surface area (Å²) in [5.74, 6) is -0.422. The van der Waals surface area contributed by atoms with E-state index in [1.807, 2.05) is 84.9 Å². The normalized spacial score (nSPS) is 11.9. The number of aromatic nitrogens is 2. The number of para-hydroxylation sites is 4. The molecule has 0 N–H and O–H groups in total. The molecule has 1 aromatic heterocycles. The highest BCUT2D eigenvalue weighted by molar-refractivity contribution is 6.31. The number of fused-ring (bicyclic) bond motifs is 4. The third-order valence-corrected chi connectivity index (χ3v) is 10.6. The van der Waals surface area contributed by atoms with Crippen molar-refractivity contribution in [3.05, 3.63) is 229 Å². The minimum atomic E-state index is -0.230. The highest BCUT2D eigenvalue weighted by atomic mass is 16.1. The highest BCUT2D eigenvalue weighted by Crippen LogP contribution is 2.40. The van der Waals surface area contributed by atoms with E-state index in [0.29, 0.717) is 39.1 Å². The molecular formula is C52H34N4O2. The number of nitrogens with zero attached hydrogens (tertiary/aromatic N) is 4. The van der Waals surface area contributed by atoms with E-state index in [1.54, 1.807) is 36.4 Å². The molecule has 274 valence electrons. The lowest BCUT2D eigenvalue weighted by atomic mass is 9.83. The SMILES string of the molecule is O=C1c2ccccc2C(=O)c2c1ccc1nc(-c3ccc(N(c4ccccc4)c4ccccc4)cc3)c(-c3ccc(N(c4ccccc4)c4ccccc4)cc3)nc21. The van der Waals surface area contributed by atoms with Gasteiger partial charge in [0.1, 0.15) is 5.52 Å². The molecule has 0 bridgehead atoms. The quantitative estimate of drug-likeness (QED) is 0.154. The Kier molecular flexibility index (Phi) is 8.69. The van der Waals surface area contributed by atoms with E-state index in [9.17, 15) is 9.59 Å². The first-order chi connectivity index (χ1) is 28.6. The maximum Gasteiger partial charge on any atom is 0.196 e. The van der Waals surface area contributed by atoms with Crippen molar-refractivity contribution in [2.24, 2.45) is 0 Å². The average molecular weight is 747 g/mol. The summed E-state index contributed by atoms with van der Waals surface area (Å²) in [7, 11) is 0. The van der Waals surface area contributed by atoms with Crippen molar-refractivity contribution in [1.82, 2.24) is 9.97 Å². The average Bonchev–Trinajstić information content (AvgIpc) is 3.29. The van der Waals surface area contributed by atoms with Crippen LogP contribution in [0.25, 0.3) is 33.5 Å². The van der Waals surface area contributed by atoms with E-state index in [2.05, 4.69) is 94.7 Å². The Hall–Kier alpha value is -7.96. The third-order valence-electron chi connectivity index (χ3n) is 10.6. The van der Waals surface area contributed by atoms with Gasteiger partial charge in [-0.3, -0.25) is 9.59 Å². The molecule has 58 heavy (non-hydrogen) atoms. The highest BCUT2D eigenvalue weighted by Gasteiger charge is 2.32. The Morgan fingerprint density at radius 2 is 0.672 bits per heavy atom. The smallest absolute Gasteiger partial charge is 0.196 e. The van der Waals surface area contributed by atoms with Crippen molar-refractivity contribution in [3.8, 4) is 22.5 Å². The topological polar surface area (TPSA) is 66.4 Å². The van der Waals surface area contributed by atoms with Crippen LogP contribution >= 0.6 is 0 Å². The third kappa shape index (κ3) is 6.10. The summed E-state index contributed by atoms with van der Waals surface area (Å²) < 4.78 is 0. The van der Waals surface area contributed by atoms with Crippen LogP contribution in [0, 0.1) is 0 Å². The predicted octanol–water partition coefficient (Wildman–Crippen LogP) is 12.7. The van der Waals surface area contributed by atoms with E-state index < -0.39 is 0 Å². The van der Waals surface area contributed by atoms with Gasteiger partial charge in [-0.25, -0.2) is 9.97 Å². The summed E-state index contributed by atoms with van der Waals surface area (Å²) in [6, 6.07) is 68.2. The molecule has 0 saturated carbocycles. The lowest BCUT2D eigenvalue weighted by molar-refractivity contribution is 0.0980. The summed E-state index contributed by atoms with van der Waals surface area (Å²) in [4.78, 5) is 42.9. The first kappa shape index (κ1) is 34.5. The van der Waals surface area contributed by atoms with Gasteiger partial charge in [-0.1, -0.05) is 121 Å². The van der Waals surface area contributed by atoms with Crippen molar-refractivity contribution in [2.75, 3.05) is 9.80 Å². The van der Waals surface area contributed by atoms with Gasteiger partial charge < -0.3 is 9.80 Å². The lowest BCUT2D eigenvalue weighted by Crippen LogP contribution is -2.21. The van der Waals surface area contributed by atoms with Crippen LogP contribution in [-0.4, -0.2) is 21.5 Å². The predicted molar refractivity (Wildman–Crippen MR) is 233 cm³/mol. The van der Waals surface area contributed by atoms with Gasteiger partial charge in [-0.15, -0.1) is 0 Å². The van der Waals surface area contributed by atoms with E-state index >= 15 is 0 Å². The van der Waals surface area contributed by atoms with Crippen molar-refractivity contribution >= 4 is 56.7 Å². The standard InChI is InChI=1S/C52H34N4O2/c57-51-43-23-13-14-24-44(43)52(58)47-45(51)33-34-46-50(47)54-49(36-27-31-42(32-28-36)56(39-19-9-3-10-20-39)40-21-11-4-12-22-40)48(53-46)35-25-29-41(30-26-35)55(37-15-5-1-6-16-37)38-17-7-2-8-18-38/h1-34H. The van der Waals surface area contributed by atoms with E-state index in [0.717, 1.165) is 45.3 Å². The van der Waals surface area contributed by atoms with Gasteiger partial charge in [-0.2, -0.15) is 0 Å². The first-order valence-electron chi connectivity index (χ1n) is 19.2. The molecule has 0 radical (unpaired) electrons. The molecular weight excluding hydrogens is 713 g/mol. The van der Waals surface area contributed by atoms with E-state index in [-0.39, 0.29) is 17.1 Å². The maximum absolute atomic E-state index is 14.2. The molecule has 6 nitrogen and oxygen atoms in total. The molecule has 10 rings (SSSR count). The number of rotatable bonds is 8. The number of hydrogen-bond donors (Lipinski definition) is 0. The molecule has 6 heteroatoms. The summed E-state index contributed by atoms with van der Waals surface area (Å²) in [6.45, 7) is 0. The number of carbonyl (C=O) groups excluding carboxylic acids is 2. The number of anilines is 6. The second kappa shape index (κ2) is 14.6. The van der Waals surface area contributed by atoms with Crippen molar-refractivity contribution in [2.45, 2.75) is 0 Å². The number of ketones is 2. The van der Waals surface area contributed by atoms with Crippen LogP contribution in [0.5, 0.6) is 0 Å². The Bertz CT molecular complexity index is 2880. The summed E-state index contributed by atoms with van der Waals surface area (Å²) >= 11 is 0. The van der Waals surface area contributed by atoms with Crippen LogP contribution in [0.4, 0.5) is 34.1 Å². The van der Waals surface area contributed by atoms with E-state index in [1.165, 1.54) is 0 Å². The number of hydrogen-bond acceptors (Lipinski definition) is 6. The molecule has 0 atom stereocenters. The summed E-state index contributed by atoms with van der Waals surface area (Å²) in [6.07, 6.45) is 0. The number of benzene rings is 8. The molecule has 9 aromatic rings. The monoisotopic (exact) mass is 746 g/mol. The van der Waals surface area contributed by atoms with Crippen molar-refractivity contribution < 1.29 is 9.59 Å². The van der Waals surface area contributed by atoms with Gasteiger partial charge in [0.25, 0.3) is 0 Å². The molecule has 1 heterocycles. The largest absolute Gasteiger partial charge is 0.311 e. The van der Waals surface area contributed by atoms with Crippen LogP contribution in [0.3, 0.4) is 0 Å². The zero-order valence-electron chi connectivity index (χ0n) is 31.2. The zero-order valence-corrected chi connectivity index (χ0v) is 31.2. The van der Waals surface area contributed by atoms with Gasteiger partial charge in [0, 0.05) is 61.9 Å². The van der Waals surface area contributed by atoms with Crippen molar-refractivity contribution in [3.63, 3.8) is 0 Å². The zero-order chi connectivity index (χ0) is 39.0. The second-order valence-corrected chi connectivity index (χ2v) is 14.1. The Morgan fingerprint density at radius 3 is 1.10 bits per heavy atom. The molecule has 0 aliphatic heterocycles. The number of carbonyl (C=O) groups is 2. The molecule has 8 aromatic carbocycles. The second-order valence-electron chi connectivity index (χ2n) is 14.1. The molecule has 0 amide bonds. The van der Waals surface area contributed by atoms with Gasteiger partial charge in [0.05, 0.1) is 22.5 Å². The maximum atomic E-state index is 14.2. The van der Waals surface area contributed by atoms with Crippen LogP contribution in [-0.2, 0) is 0 Å². The fourth-order valence-corrected chi connectivity index (χ4v) is 7.84. The minimum Gasteiger partial charge on any atom is -0.311 e. The van der Waals surface area contributed by atoms with E-state index in [4.69, 9.17) is 9.97 Å². The Balaban J connectivity index is 1.13. The lowest BCUT2D eigenvalue weighted by Gasteiger charge is -2.26. The van der Waals surface area contributed by atoms with Crippen molar-refractivity contribution in [1.29, 1.82) is 0 Å². The minimum absolute atomic E-state index is 0.192. The van der Waals surface area contributed by atoms with Gasteiger partial charge in [0.15, 0.2) is 11.6 Å². The molecule has 0 saturated heterocycles. The molecule has 0 fully saturated rings. The molecule has 1 aliphatic rings. The van der Waals surface area contributed by atoms with Gasteiger partial charge >= 0.3 is 0 Å². The summed E-state index contributed by atoms with van der Waals surface area (Å²) in [5, 5.41) is 0. The van der Waals surface area contributed by atoms with Gasteiger partial charge in [-0.05, 0) is 84.9 Å². The fourth-order valence-electron chi connectivity index (χ4n) is 7.84. The first-order valence-corrected chi connectivity index (χ1v) is 19.2. The van der Waals surface area contributed by atoms with Crippen LogP contribution < -0.4 is 9.80 Å².